The summed E-state index contributed by atoms with van der Waals surface area (Å²) in [6.07, 6.45) is 4.19. The van der Waals surface area contributed by atoms with Crippen molar-refractivity contribution < 1.29 is 4.74 Å². The predicted octanol–water partition coefficient (Wildman–Crippen LogP) is 3.70. The third kappa shape index (κ3) is 4.27. The number of aryl methyl sites for hydroxylation is 2. The Hall–Kier alpha value is -2.76. The molecule has 1 atom stereocenters. The second-order valence-corrected chi connectivity index (χ2v) is 9.16. The van der Waals surface area contributed by atoms with E-state index in [-0.39, 0.29) is 6.10 Å². The van der Waals surface area contributed by atoms with E-state index in [0.717, 1.165) is 47.6 Å². The van der Waals surface area contributed by atoms with E-state index < -0.39 is 0 Å². The van der Waals surface area contributed by atoms with Gasteiger partial charge in [-0.15, -0.1) is 10.2 Å². The normalized spacial score (nSPS) is 16.1. The number of rotatable bonds is 7. The lowest BCUT2D eigenvalue weighted by molar-refractivity contribution is 0.0953. The molecule has 0 spiro atoms. The van der Waals surface area contributed by atoms with E-state index in [9.17, 15) is 0 Å². The van der Waals surface area contributed by atoms with Crippen molar-refractivity contribution in [3.05, 3.63) is 52.7 Å². The minimum Gasteiger partial charge on any atom is -0.376 e. The lowest BCUT2D eigenvalue weighted by Crippen LogP contribution is -2.17. The van der Waals surface area contributed by atoms with E-state index in [0.29, 0.717) is 17.1 Å². The molecule has 32 heavy (non-hydrogen) atoms. The number of ether oxygens (including phenoxy) is 1. The minimum atomic E-state index is 0.162. The van der Waals surface area contributed by atoms with Crippen molar-refractivity contribution in [2.24, 2.45) is 7.05 Å². The molecule has 1 N–H and O–H groups in total. The fourth-order valence-corrected chi connectivity index (χ4v) is 4.92. The zero-order valence-electron chi connectivity index (χ0n) is 17.9. The van der Waals surface area contributed by atoms with Crippen LogP contribution < -0.4 is 0 Å². The lowest BCUT2D eigenvalue weighted by Gasteiger charge is -2.14. The smallest absolute Gasteiger partial charge is 0.199 e. The molecular formula is C21H24N8OS2. The fraction of sp³-hybridized carbons (Fsp3) is 0.381. The topological polar surface area (TPSA) is 91.4 Å². The van der Waals surface area contributed by atoms with Crippen LogP contribution in [-0.2, 0) is 24.1 Å². The molecule has 0 unspecified atom stereocenters. The molecule has 1 fully saturated rings. The molecule has 3 aromatic heterocycles. The highest BCUT2D eigenvalue weighted by Crippen LogP contribution is 2.28. The van der Waals surface area contributed by atoms with Crippen molar-refractivity contribution in [2.45, 2.75) is 43.3 Å². The van der Waals surface area contributed by atoms with E-state index in [1.165, 1.54) is 5.56 Å². The number of thioether (sulfide) groups is 1. The molecule has 4 aromatic rings. The van der Waals surface area contributed by atoms with Crippen LogP contribution in [0.4, 0.5) is 0 Å². The van der Waals surface area contributed by atoms with E-state index in [1.807, 2.05) is 36.0 Å². The highest BCUT2D eigenvalue weighted by atomic mass is 32.2. The molecule has 0 bridgehead atoms. The number of benzene rings is 1. The molecule has 11 heteroatoms. The molecule has 166 valence electrons. The van der Waals surface area contributed by atoms with E-state index in [2.05, 4.69) is 49.1 Å². The summed E-state index contributed by atoms with van der Waals surface area (Å²) >= 11 is 7.07. The van der Waals surface area contributed by atoms with Gasteiger partial charge in [0, 0.05) is 25.5 Å². The van der Waals surface area contributed by atoms with Gasteiger partial charge in [0.05, 0.1) is 18.4 Å². The highest BCUT2D eigenvalue weighted by Gasteiger charge is 2.23. The van der Waals surface area contributed by atoms with Crippen LogP contribution in [-0.4, -0.2) is 52.0 Å². The Balaban J connectivity index is 1.43. The molecule has 4 heterocycles. The Bertz CT molecular complexity index is 1260. The molecular weight excluding hydrogens is 444 g/mol. The number of aromatic nitrogens is 8. The summed E-state index contributed by atoms with van der Waals surface area (Å²) in [6.45, 7) is 3.57. The second-order valence-electron chi connectivity index (χ2n) is 7.83. The van der Waals surface area contributed by atoms with Gasteiger partial charge in [-0.05, 0) is 50.2 Å². The van der Waals surface area contributed by atoms with E-state index in [4.69, 9.17) is 17.0 Å². The number of nitrogens with one attached hydrogen (secondary N) is 1. The Morgan fingerprint density at radius 1 is 1.22 bits per heavy atom. The summed E-state index contributed by atoms with van der Waals surface area (Å²) in [6, 6.07) is 10.2. The maximum Gasteiger partial charge on any atom is 0.199 e. The first-order valence-corrected chi connectivity index (χ1v) is 11.9. The molecule has 0 aliphatic carbocycles. The maximum absolute atomic E-state index is 5.88. The van der Waals surface area contributed by atoms with Gasteiger partial charge in [0.25, 0.3) is 0 Å². The van der Waals surface area contributed by atoms with Gasteiger partial charge >= 0.3 is 0 Å². The van der Waals surface area contributed by atoms with Crippen LogP contribution in [0.2, 0.25) is 0 Å². The molecule has 0 radical (unpaired) electrons. The summed E-state index contributed by atoms with van der Waals surface area (Å²) in [5.74, 6) is 2.17. The Kier molecular flexibility index (Phi) is 5.94. The quantitative estimate of drug-likeness (QED) is 0.327. The zero-order valence-corrected chi connectivity index (χ0v) is 19.6. The van der Waals surface area contributed by atoms with Crippen molar-refractivity contribution in [2.75, 3.05) is 6.61 Å². The SMILES string of the molecule is Cc1ccc(-n2c(CSc3nnc(-c4ccn(C)n4)n3C[C@@H]3CCCO3)n[nH]c2=S)cc1. The summed E-state index contributed by atoms with van der Waals surface area (Å²) in [7, 11) is 1.90. The van der Waals surface area contributed by atoms with Crippen molar-refractivity contribution in [3.63, 3.8) is 0 Å². The summed E-state index contributed by atoms with van der Waals surface area (Å²) in [4.78, 5) is 0. The van der Waals surface area contributed by atoms with Gasteiger partial charge in [-0.25, -0.2) is 0 Å². The van der Waals surface area contributed by atoms with Crippen molar-refractivity contribution >= 4 is 24.0 Å². The monoisotopic (exact) mass is 468 g/mol. The third-order valence-electron chi connectivity index (χ3n) is 5.43. The molecule has 1 aliphatic rings. The van der Waals surface area contributed by atoms with Crippen LogP contribution in [0.15, 0.2) is 41.7 Å². The average Bonchev–Trinajstić information content (AvgIpc) is 3.57. The molecule has 1 saturated heterocycles. The molecule has 1 aromatic carbocycles. The van der Waals surface area contributed by atoms with Gasteiger partial charge in [-0.1, -0.05) is 29.5 Å². The predicted molar refractivity (Wildman–Crippen MR) is 124 cm³/mol. The summed E-state index contributed by atoms with van der Waals surface area (Å²) in [5, 5.41) is 21.6. The lowest BCUT2D eigenvalue weighted by atomic mass is 10.2. The standard InChI is InChI=1S/C21H24N8OS2/c1-14-5-7-15(8-6-14)29-18(22-24-20(29)31)13-32-21-25-23-19(17-9-10-27(2)26-17)28(21)12-16-4-3-11-30-16/h5-10,16H,3-4,11-13H2,1-2H3,(H,24,31)/t16-/m0/s1. The van der Waals surface area contributed by atoms with Crippen LogP contribution in [0.3, 0.4) is 0 Å². The zero-order chi connectivity index (χ0) is 22.1. The Morgan fingerprint density at radius 2 is 2.06 bits per heavy atom. The van der Waals surface area contributed by atoms with Crippen molar-refractivity contribution in [3.8, 4) is 17.2 Å². The second kappa shape index (κ2) is 9.00. The Morgan fingerprint density at radius 3 is 2.78 bits per heavy atom. The largest absolute Gasteiger partial charge is 0.376 e. The van der Waals surface area contributed by atoms with Crippen LogP contribution in [0.25, 0.3) is 17.2 Å². The van der Waals surface area contributed by atoms with Gasteiger partial charge < -0.3 is 4.74 Å². The maximum atomic E-state index is 5.88. The van der Waals surface area contributed by atoms with Crippen molar-refractivity contribution in [1.29, 1.82) is 0 Å². The van der Waals surface area contributed by atoms with E-state index in [1.54, 1.807) is 16.4 Å². The molecule has 9 nitrogen and oxygen atoms in total. The van der Waals surface area contributed by atoms with Gasteiger partial charge in [-0.3, -0.25) is 18.9 Å². The van der Waals surface area contributed by atoms with Crippen molar-refractivity contribution in [1.82, 2.24) is 39.3 Å². The van der Waals surface area contributed by atoms with Gasteiger partial charge in [0.15, 0.2) is 15.8 Å². The number of nitrogens with zero attached hydrogens (tertiary/aromatic N) is 7. The molecule has 1 aliphatic heterocycles. The van der Waals surface area contributed by atoms with Crippen LogP contribution in [0.5, 0.6) is 0 Å². The van der Waals surface area contributed by atoms with Crippen LogP contribution >= 0.6 is 24.0 Å². The first kappa shape index (κ1) is 21.1. The Labute approximate surface area is 194 Å². The van der Waals surface area contributed by atoms with Gasteiger partial charge in [-0.2, -0.15) is 10.2 Å². The molecule has 0 amide bonds. The molecule has 0 saturated carbocycles. The first-order valence-electron chi connectivity index (χ1n) is 10.5. The summed E-state index contributed by atoms with van der Waals surface area (Å²) < 4.78 is 12.3. The number of hydrogen-bond acceptors (Lipinski definition) is 7. The first-order chi connectivity index (χ1) is 15.6. The summed E-state index contributed by atoms with van der Waals surface area (Å²) in [5.41, 5.74) is 2.98. The minimum absolute atomic E-state index is 0.162. The fourth-order valence-electron chi connectivity index (χ4n) is 3.79. The third-order valence-corrected chi connectivity index (χ3v) is 6.67. The van der Waals surface area contributed by atoms with Gasteiger partial charge in [0.1, 0.15) is 11.5 Å². The van der Waals surface area contributed by atoms with Crippen LogP contribution in [0.1, 0.15) is 24.2 Å². The van der Waals surface area contributed by atoms with E-state index >= 15 is 0 Å². The van der Waals surface area contributed by atoms with Gasteiger partial charge in [0.2, 0.25) is 0 Å². The molecule has 5 rings (SSSR count). The average molecular weight is 469 g/mol. The number of hydrogen-bond donors (Lipinski definition) is 1. The highest BCUT2D eigenvalue weighted by molar-refractivity contribution is 7.98. The number of H-pyrrole nitrogens is 1. The number of aromatic amines is 1. The van der Waals surface area contributed by atoms with Crippen LogP contribution in [0, 0.1) is 11.7 Å².